The summed E-state index contributed by atoms with van der Waals surface area (Å²) < 4.78 is 0. The SMILES string of the molecule is CSC1CCCC1NC1CCC(C)CC1. The second-order valence-electron chi connectivity index (χ2n) is 5.44. The van der Waals surface area contributed by atoms with Crippen molar-refractivity contribution in [2.24, 2.45) is 5.92 Å². The highest BCUT2D eigenvalue weighted by molar-refractivity contribution is 7.99. The van der Waals surface area contributed by atoms with E-state index in [0.717, 1.165) is 23.3 Å². The van der Waals surface area contributed by atoms with Crippen LogP contribution in [0.25, 0.3) is 0 Å². The van der Waals surface area contributed by atoms with Gasteiger partial charge in [-0.05, 0) is 50.7 Å². The van der Waals surface area contributed by atoms with Gasteiger partial charge in [0.2, 0.25) is 0 Å². The summed E-state index contributed by atoms with van der Waals surface area (Å²) in [6.07, 6.45) is 12.3. The first-order valence-corrected chi connectivity index (χ1v) is 7.87. The van der Waals surface area contributed by atoms with Gasteiger partial charge in [-0.2, -0.15) is 11.8 Å². The number of thioether (sulfide) groups is 1. The predicted molar refractivity (Wildman–Crippen MR) is 69.5 cm³/mol. The van der Waals surface area contributed by atoms with E-state index in [4.69, 9.17) is 0 Å². The van der Waals surface area contributed by atoms with Gasteiger partial charge in [-0.15, -0.1) is 0 Å². The Morgan fingerprint density at radius 1 is 1.00 bits per heavy atom. The third-order valence-electron chi connectivity index (χ3n) is 4.22. The minimum atomic E-state index is 0.818. The maximum absolute atomic E-state index is 3.92. The van der Waals surface area contributed by atoms with Crippen LogP contribution < -0.4 is 5.32 Å². The smallest absolute Gasteiger partial charge is 0.0198 e. The summed E-state index contributed by atoms with van der Waals surface area (Å²) in [5.74, 6) is 0.975. The van der Waals surface area contributed by atoms with Crippen LogP contribution in [0.4, 0.5) is 0 Å². The molecule has 0 heterocycles. The lowest BCUT2D eigenvalue weighted by Gasteiger charge is -2.31. The summed E-state index contributed by atoms with van der Waals surface area (Å²) in [6, 6.07) is 1.65. The zero-order chi connectivity index (χ0) is 10.7. The third-order valence-corrected chi connectivity index (χ3v) is 5.39. The van der Waals surface area contributed by atoms with E-state index in [2.05, 4.69) is 30.3 Å². The molecule has 0 radical (unpaired) electrons. The Kier molecular flexibility index (Phi) is 4.39. The van der Waals surface area contributed by atoms with E-state index in [0.29, 0.717) is 0 Å². The zero-order valence-corrected chi connectivity index (χ0v) is 11.0. The van der Waals surface area contributed by atoms with E-state index in [1.165, 1.54) is 44.9 Å². The minimum Gasteiger partial charge on any atom is -0.310 e. The van der Waals surface area contributed by atoms with Gasteiger partial charge in [0, 0.05) is 17.3 Å². The maximum Gasteiger partial charge on any atom is 0.0198 e. The Balaban J connectivity index is 1.76. The molecule has 2 aliphatic rings. The molecule has 0 aromatic rings. The summed E-state index contributed by atoms with van der Waals surface area (Å²) in [4.78, 5) is 0. The number of hydrogen-bond acceptors (Lipinski definition) is 2. The van der Waals surface area contributed by atoms with Crippen LogP contribution in [0, 0.1) is 5.92 Å². The van der Waals surface area contributed by atoms with Crippen LogP contribution in [0.2, 0.25) is 0 Å². The van der Waals surface area contributed by atoms with Gasteiger partial charge in [0.15, 0.2) is 0 Å². The second-order valence-corrected chi connectivity index (χ2v) is 6.51. The molecule has 1 nitrogen and oxygen atoms in total. The van der Waals surface area contributed by atoms with E-state index >= 15 is 0 Å². The molecule has 2 rings (SSSR count). The fourth-order valence-electron chi connectivity index (χ4n) is 3.13. The number of hydrogen-bond donors (Lipinski definition) is 1. The lowest BCUT2D eigenvalue weighted by Crippen LogP contribution is -2.43. The molecule has 0 saturated heterocycles. The summed E-state index contributed by atoms with van der Waals surface area (Å²) in [5.41, 5.74) is 0. The van der Waals surface area contributed by atoms with Crippen molar-refractivity contribution in [3.63, 3.8) is 0 Å². The molecule has 0 aromatic heterocycles. The Labute approximate surface area is 98.8 Å². The van der Waals surface area contributed by atoms with Crippen molar-refractivity contribution < 1.29 is 0 Å². The van der Waals surface area contributed by atoms with Crippen LogP contribution >= 0.6 is 11.8 Å². The average Bonchev–Trinajstić information content (AvgIpc) is 2.69. The van der Waals surface area contributed by atoms with Crippen molar-refractivity contribution in [3.05, 3.63) is 0 Å². The first-order valence-electron chi connectivity index (χ1n) is 6.58. The number of nitrogens with one attached hydrogen (secondary N) is 1. The molecule has 88 valence electrons. The van der Waals surface area contributed by atoms with Crippen LogP contribution in [-0.2, 0) is 0 Å². The quantitative estimate of drug-likeness (QED) is 0.792. The summed E-state index contributed by atoms with van der Waals surface area (Å²) in [6.45, 7) is 2.40. The molecule has 1 N–H and O–H groups in total. The Hall–Kier alpha value is 0.310. The van der Waals surface area contributed by atoms with Crippen LogP contribution in [-0.4, -0.2) is 23.6 Å². The standard InChI is InChI=1S/C13H25NS/c1-10-6-8-11(9-7-10)14-12-4-3-5-13(12)15-2/h10-14H,3-9H2,1-2H3. The molecular weight excluding hydrogens is 202 g/mol. The minimum absolute atomic E-state index is 0.818. The Morgan fingerprint density at radius 2 is 1.73 bits per heavy atom. The van der Waals surface area contributed by atoms with Gasteiger partial charge in [0.25, 0.3) is 0 Å². The largest absolute Gasteiger partial charge is 0.310 e. The van der Waals surface area contributed by atoms with E-state index in [-0.39, 0.29) is 0 Å². The second kappa shape index (κ2) is 5.58. The van der Waals surface area contributed by atoms with Crippen LogP contribution in [0.5, 0.6) is 0 Å². The summed E-state index contributed by atoms with van der Waals surface area (Å²) >= 11 is 2.07. The molecular formula is C13H25NS. The van der Waals surface area contributed by atoms with E-state index in [9.17, 15) is 0 Å². The predicted octanol–water partition coefficient (Wildman–Crippen LogP) is 3.44. The molecule has 2 fully saturated rings. The molecule has 2 aliphatic carbocycles. The first-order chi connectivity index (χ1) is 7.29. The Bertz CT molecular complexity index is 187. The van der Waals surface area contributed by atoms with Crippen LogP contribution in [0.1, 0.15) is 51.9 Å². The van der Waals surface area contributed by atoms with Crippen molar-refractivity contribution >= 4 is 11.8 Å². The van der Waals surface area contributed by atoms with Gasteiger partial charge < -0.3 is 5.32 Å². The molecule has 2 unspecified atom stereocenters. The fraction of sp³-hybridized carbons (Fsp3) is 1.00. The normalized spacial score (nSPS) is 42.0. The fourth-order valence-corrected chi connectivity index (χ4v) is 4.07. The van der Waals surface area contributed by atoms with Crippen molar-refractivity contribution in [3.8, 4) is 0 Å². The zero-order valence-electron chi connectivity index (χ0n) is 10.2. The lowest BCUT2D eigenvalue weighted by molar-refractivity contribution is 0.288. The van der Waals surface area contributed by atoms with Crippen molar-refractivity contribution in [1.29, 1.82) is 0 Å². The lowest BCUT2D eigenvalue weighted by atomic mass is 9.87. The van der Waals surface area contributed by atoms with Gasteiger partial charge in [-0.3, -0.25) is 0 Å². The van der Waals surface area contributed by atoms with Crippen LogP contribution in [0.15, 0.2) is 0 Å². The molecule has 0 amide bonds. The maximum atomic E-state index is 3.92. The average molecular weight is 227 g/mol. The monoisotopic (exact) mass is 227 g/mol. The molecule has 15 heavy (non-hydrogen) atoms. The van der Waals surface area contributed by atoms with Gasteiger partial charge in [0.1, 0.15) is 0 Å². The molecule has 0 aromatic carbocycles. The molecule has 2 atom stereocenters. The highest BCUT2D eigenvalue weighted by Gasteiger charge is 2.29. The molecule has 2 saturated carbocycles. The van der Waals surface area contributed by atoms with Gasteiger partial charge in [-0.1, -0.05) is 13.3 Å². The molecule has 0 spiro atoms. The van der Waals surface area contributed by atoms with Crippen molar-refractivity contribution in [1.82, 2.24) is 5.32 Å². The third kappa shape index (κ3) is 3.13. The van der Waals surface area contributed by atoms with E-state index in [1.54, 1.807) is 0 Å². The summed E-state index contributed by atoms with van der Waals surface area (Å²) in [7, 11) is 0. The summed E-state index contributed by atoms with van der Waals surface area (Å²) in [5, 5.41) is 4.81. The Morgan fingerprint density at radius 3 is 2.40 bits per heavy atom. The highest BCUT2D eigenvalue weighted by Crippen LogP contribution is 2.31. The first kappa shape index (κ1) is 11.8. The van der Waals surface area contributed by atoms with Crippen molar-refractivity contribution in [2.75, 3.05) is 6.26 Å². The highest BCUT2D eigenvalue weighted by atomic mass is 32.2. The molecule has 0 aliphatic heterocycles. The van der Waals surface area contributed by atoms with E-state index < -0.39 is 0 Å². The molecule has 0 bridgehead atoms. The van der Waals surface area contributed by atoms with Gasteiger partial charge in [-0.25, -0.2) is 0 Å². The van der Waals surface area contributed by atoms with Crippen LogP contribution in [0.3, 0.4) is 0 Å². The van der Waals surface area contributed by atoms with E-state index in [1.807, 2.05) is 0 Å². The van der Waals surface area contributed by atoms with Gasteiger partial charge in [0.05, 0.1) is 0 Å². The van der Waals surface area contributed by atoms with Crippen molar-refractivity contribution in [2.45, 2.75) is 69.2 Å². The molecule has 2 heteroatoms. The topological polar surface area (TPSA) is 12.0 Å². The number of rotatable bonds is 3. The van der Waals surface area contributed by atoms with Gasteiger partial charge >= 0.3 is 0 Å².